The number of carbonyl (C=O) groups is 1. The van der Waals surface area contributed by atoms with Crippen LogP contribution < -0.4 is 5.73 Å². The van der Waals surface area contributed by atoms with Gasteiger partial charge in [0.1, 0.15) is 6.10 Å². The highest BCUT2D eigenvalue weighted by Gasteiger charge is 2.27. The van der Waals surface area contributed by atoms with E-state index >= 15 is 0 Å². The molecule has 0 unspecified atom stereocenters. The summed E-state index contributed by atoms with van der Waals surface area (Å²) in [6, 6.07) is 7.48. The molecule has 1 aromatic heterocycles. The molecule has 1 aliphatic heterocycles. The molecule has 19 heavy (non-hydrogen) atoms. The van der Waals surface area contributed by atoms with Crippen molar-refractivity contribution < 1.29 is 9.53 Å². The van der Waals surface area contributed by atoms with Gasteiger partial charge in [-0.15, -0.1) is 5.10 Å². The van der Waals surface area contributed by atoms with Gasteiger partial charge in [-0.05, 0) is 6.07 Å². The van der Waals surface area contributed by atoms with Gasteiger partial charge >= 0.3 is 0 Å². The first-order chi connectivity index (χ1) is 9.16. The van der Waals surface area contributed by atoms with E-state index in [2.05, 4.69) is 10.3 Å². The second kappa shape index (κ2) is 4.64. The number of carbonyl (C=O) groups excluding carboxylic acids is 1. The van der Waals surface area contributed by atoms with Crippen molar-refractivity contribution in [1.82, 2.24) is 15.0 Å². The molecule has 0 saturated heterocycles. The maximum Gasteiger partial charge on any atom is 0.271 e. The average Bonchev–Trinajstić information content (AvgIpc) is 2.82. The summed E-state index contributed by atoms with van der Waals surface area (Å²) in [5.74, 6) is -0.596. The van der Waals surface area contributed by atoms with Gasteiger partial charge in [0.05, 0.1) is 18.8 Å². The number of rotatable bonds is 2. The van der Waals surface area contributed by atoms with E-state index in [9.17, 15) is 4.79 Å². The zero-order valence-electron chi connectivity index (χ0n) is 9.91. The summed E-state index contributed by atoms with van der Waals surface area (Å²) in [6.07, 6.45) is -0.205. The van der Waals surface area contributed by atoms with Crippen LogP contribution in [0.3, 0.4) is 0 Å². The van der Waals surface area contributed by atoms with Crippen LogP contribution in [0.2, 0.25) is 5.02 Å². The number of hydrogen-bond acceptors (Lipinski definition) is 4. The summed E-state index contributed by atoms with van der Waals surface area (Å²) >= 11 is 6.14. The van der Waals surface area contributed by atoms with Gasteiger partial charge in [0, 0.05) is 10.6 Å². The molecule has 0 spiro atoms. The second-order valence-corrected chi connectivity index (χ2v) is 4.66. The topological polar surface area (TPSA) is 83.0 Å². The van der Waals surface area contributed by atoms with E-state index in [0.29, 0.717) is 17.3 Å². The van der Waals surface area contributed by atoms with E-state index in [1.54, 1.807) is 4.68 Å². The summed E-state index contributed by atoms with van der Waals surface area (Å²) in [5.41, 5.74) is 6.89. The largest absolute Gasteiger partial charge is 0.365 e. The minimum Gasteiger partial charge on any atom is -0.365 e. The van der Waals surface area contributed by atoms with E-state index < -0.39 is 5.91 Å². The highest BCUT2D eigenvalue weighted by molar-refractivity contribution is 6.31. The van der Waals surface area contributed by atoms with Crippen LogP contribution in [0, 0.1) is 0 Å². The molecule has 1 amide bonds. The smallest absolute Gasteiger partial charge is 0.271 e. The van der Waals surface area contributed by atoms with Crippen molar-refractivity contribution in [3.8, 4) is 0 Å². The first-order valence-electron chi connectivity index (χ1n) is 5.75. The Morgan fingerprint density at radius 1 is 1.47 bits per heavy atom. The molecule has 2 aromatic rings. The van der Waals surface area contributed by atoms with Crippen molar-refractivity contribution in [1.29, 1.82) is 0 Å². The van der Waals surface area contributed by atoms with E-state index in [0.717, 1.165) is 5.56 Å². The zero-order valence-corrected chi connectivity index (χ0v) is 10.7. The molecule has 6 nitrogen and oxygen atoms in total. The fraction of sp³-hybridized carbons (Fsp3) is 0.250. The summed E-state index contributed by atoms with van der Waals surface area (Å²) < 4.78 is 7.36. The van der Waals surface area contributed by atoms with Gasteiger partial charge in [-0.2, -0.15) is 0 Å². The number of amides is 1. The molecule has 98 valence electrons. The number of halogens is 1. The molecular weight excluding hydrogens is 268 g/mol. The van der Waals surface area contributed by atoms with Crippen LogP contribution in [0.5, 0.6) is 0 Å². The van der Waals surface area contributed by atoms with Gasteiger partial charge in [0.2, 0.25) is 0 Å². The van der Waals surface area contributed by atoms with Crippen LogP contribution >= 0.6 is 11.6 Å². The molecule has 3 rings (SSSR count). The summed E-state index contributed by atoms with van der Waals surface area (Å²) in [5, 5.41) is 8.34. The Morgan fingerprint density at radius 2 is 2.26 bits per heavy atom. The standard InChI is InChI=1S/C12H11ClN4O2/c13-8-4-2-1-3-7(8)10-5-17-9(6-19-10)11(12(14)18)15-16-17/h1-4,10H,5-6H2,(H2,14,18)/t10-/m0/s1. The fourth-order valence-corrected chi connectivity index (χ4v) is 2.38. The van der Waals surface area contributed by atoms with Gasteiger partial charge in [-0.25, -0.2) is 4.68 Å². The third kappa shape index (κ3) is 2.09. The molecule has 0 aliphatic carbocycles. The molecule has 0 saturated carbocycles. The predicted octanol–water partition coefficient (Wildman–Crippen LogP) is 1.30. The van der Waals surface area contributed by atoms with Crippen LogP contribution in [0.4, 0.5) is 0 Å². The van der Waals surface area contributed by atoms with Gasteiger partial charge < -0.3 is 10.5 Å². The third-order valence-corrected chi connectivity index (χ3v) is 3.43. The zero-order chi connectivity index (χ0) is 13.4. The minimum absolute atomic E-state index is 0.164. The number of nitrogens with zero attached hydrogens (tertiary/aromatic N) is 3. The molecule has 2 N–H and O–H groups in total. The lowest BCUT2D eigenvalue weighted by molar-refractivity contribution is -0.00167. The number of ether oxygens (including phenoxy) is 1. The molecule has 0 bridgehead atoms. The molecular formula is C12H11ClN4O2. The molecule has 1 aliphatic rings. The van der Waals surface area contributed by atoms with Crippen LogP contribution in [-0.4, -0.2) is 20.9 Å². The number of hydrogen-bond donors (Lipinski definition) is 1. The minimum atomic E-state index is -0.596. The molecule has 1 aromatic carbocycles. The van der Waals surface area contributed by atoms with Crippen LogP contribution in [0.1, 0.15) is 27.8 Å². The quantitative estimate of drug-likeness (QED) is 0.897. The van der Waals surface area contributed by atoms with E-state index in [4.69, 9.17) is 22.1 Å². The molecule has 2 heterocycles. The van der Waals surface area contributed by atoms with Crippen LogP contribution in [0.15, 0.2) is 24.3 Å². The maximum atomic E-state index is 11.2. The number of nitrogens with two attached hydrogens (primary N) is 1. The average molecular weight is 279 g/mol. The third-order valence-electron chi connectivity index (χ3n) is 3.08. The van der Waals surface area contributed by atoms with Crippen molar-refractivity contribution in [2.45, 2.75) is 19.3 Å². The van der Waals surface area contributed by atoms with E-state index in [1.807, 2.05) is 24.3 Å². The van der Waals surface area contributed by atoms with Crippen molar-refractivity contribution in [2.24, 2.45) is 5.73 Å². The molecule has 1 atom stereocenters. The van der Waals surface area contributed by atoms with Crippen molar-refractivity contribution in [3.63, 3.8) is 0 Å². The lowest BCUT2D eigenvalue weighted by Crippen LogP contribution is -2.24. The fourth-order valence-electron chi connectivity index (χ4n) is 2.13. The SMILES string of the molecule is NC(=O)c1nnn2c1CO[C@H](c1ccccc1Cl)C2. The number of benzene rings is 1. The van der Waals surface area contributed by atoms with E-state index in [-0.39, 0.29) is 18.4 Å². The van der Waals surface area contributed by atoms with Crippen molar-refractivity contribution in [3.05, 3.63) is 46.2 Å². The lowest BCUT2D eigenvalue weighted by atomic mass is 10.1. The number of fused-ring (bicyclic) bond motifs is 1. The Morgan fingerprint density at radius 3 is 3.00 bits per heavy atom. The van der Waals surface area contributed by atoms with Crippen LogP contribution in [-0.2, 0) is 17.9 Å². The first-order valence-corrected chi connectivity index (χ1v) is 6.13. The predicted molar refractivity (Wildman–Crippen MR) is 67.5 cm³/mol. The number of primary amides is 1. The van der Waals surface area contributed by atoms with Gasteiger partial charge in [0.25, 0.3) is 5.91 Å². The second-order valence-electron chi connectivity index (χ2n) is 4.25. The van der Waals surface area contributed by atoms with Gasteiger partial charge in [-0.3, -0.25) is 4.79 Å². The number of aromatic nitrogens is 3. The first kappa shape index (κ1) is 12.1. The van der Waals surface area contributed by atoms with Crippen LogP contribution in [0.25, 0.3) is 0 Å². The normalized spacial score (nSPS) is 18.1. The monoisotopic (exact) mass is 278 g/mol. The summed E-state index contributed by atoms with van der Waals surface area (Å²) in [7, 11) is 0. The summed E-state index contributed by atoms with van der Waals surface area (Å²) in [6.45, 7) is 0.695. The summed E-state index contributed by atoms with van der Waals surface area (Å²) in [4.78, 5) is 11.2. The lowest BCUT2D eigenvalue weighted by Gasteiger charge is -2.24. The Kier molecular flexibility index (Phi) is 2.96. The maximum absolute atomic E-state index is 11.2. The molecule has 0 fully saturated rings. The Bertz CT molecular complexity index is 640. The highest BCUT2D eigenvalue weighted by atomic mass is 35.5. The molecule has 7 heteroatoms. The van der Waals surface area contributed by atoms with Crippen molar-refractivity contribution >= 4 is 17.5 Å². The Balaban J connectivity index is 1.91. The Labute approximate surface area is 114 Å². The Hall–Kier alpha value is -1.92. The van der Waals surface area contributed by atoms with Gasteiger partial charge in [-0.1, -0.05) is 35.0 Å². The molecule has 0 radical (unpaired) electrons. The van der Waals surface area contributed by atoms with Gasteiger partial charge in [0.15, 0.2) is 5.69 Å². The van der Waals surface area contributed by atoms with E-state index in [1.165, 1.54) is 0 Å². The van der Waals surface area contributed by atoms with Crippen molar-refractivity contribution in [2.75, 3.05) is 0 Å². The highest BCUT2D eigenvalue weighted by Crippen LogP contribution is 2.31.